The third-order valence-corrected chi connectivity index (χ3v) is 6.31. The zero-order chi connectivity index (χ0) is 25.7. The topological polar surface area (TPSA) is 85.7 Å². The number of nitrogens with zero attached hydrogens (tertiary/aromatic N) is 3. The van der Waals surface area contributed by atoms with Gasteiger partial charge in [-0.05, 0) is 70.1 Å². The molecule has 36 heavy (non-hydrogen) atoms. The van der Waals surface area contributed by atoms with E-state index in [-0.39, 0.29) is 24.1 Å². The molecule has 8 nitrogen and oxygen atoms in total. The Balaban J connectivity index is 1.66. The van der Waals surface area contributed by atoms with Gasteiger partial charge in [0.1, 0.15) is 23.9 Å². The number of likely N-dealkylation sites (tertiary alicyclic amines) is 1. The molecule has 4 rings (SSSR count). The van der Waals surface area contributed by atoms with Crippen LogP contribution in [-0.4, -0.2) is 59.8 Å². The first-order valence-corrected chi connectivity index (χ1v) is 12.7. The van der Waals surface area contributed by atoms with Crippen LogP contribution in [0.25, 0.3) is 22.3 Å². The van der Waals surface area contributed by atoms with E-state index in [1.165, 1.54) is 17.4 Å². The quantitative estimate of drug-likeness (QED) is 0.464. The number of hydrogen-bond acceptors (Lipinski definition) is 6. The number of rotatable bonds is 10. The lowest BCUT2D eigenvalue weighted by atomic mass is 10.1. The minimum absolute atomic E-state index is 0.0376. The summed E-state index contributed by atoms with van der Waals surface area (Å²) in [5.41, 5.74) is 0.963. The molecule has 0 aliphatic carbocycles. The van der Waals surface area contributed by atoms with Crippen molar-refractivity contribution >= 4 is 16.8 Å². The summed E-state index contributed by atoms with van der Waals surface area (Å²) in [7, 11) is 1.59. The normalized spacial score (nSPS) is 14.8. The van der Waals surface area contributed by atoms with Crippen molar-refractivity contribution in [1.82, 2.24) is 19.8 Å². The summed E-state index contributed by atoms with van der Waals surface area (Å²) >= 11 is 0. The van der Waals surface area contributed by atoms with Crippen LogP contribution >= 0.6 is 0 Å². The summed E-state index contributed by atoms with van der Waals surface area (Å²) in [6.45, 7) is 9.72. The number of benzene rings is 2. The van der Waals surface area contributed by atoms with Gasteiger partial charge in [0.05, 0.1) is 24.6 Å². The molecule has 1 aliphatic rings. The molecule has 0 radical (unpaired) electrons. The molecule has 3 aromatic rings. The van der Waals surface area contributed by atoms with Crippen molar-refractivity contribution in [2.24, 2.45) is 5.92 Å². The first-order valence-electron chi connectivity index (χ1n) is 12.7. The van der Waals surface area contributed by atoms with Crippen molar-refractivity contribution in [3.63, 3.8) is 0 Å². The number of fused-ring (bicyclic) bond motifs is 1. The number of hydrogen-bond donors (Lipinski definition) is 1. The van der Waals surface area contributed by atoms with Crippen molar-refractivity contribution in [1.29, 1.82) is 0 Å². The highest BCUT2D eigenvalue weighted by Crippen LogP contribution is 2.25. The van der Waals surface area contributed by atoms with E-state index in [1.807, 2.05) is 44.2 Å². The van der Waals surface area contributed by atoms with E-state index >= 15 is 0 Å². The van der Waals surface area contributed by atoms with Crippen molar-refractivity contribution in [2.75, 3.05) is 33.4 Å². The van der Waals surface area contributed by atoms with Crippen LogP contribution in [0.1, 0.15) is 33.6 Å². The summed E-state index contributed by atoms with van der Waals surface area (Å²) in [5, 5.41) is 3.28. The molecule has 0 unspecified atom stereocenters. The Morgan fingerprint density at radius 1 is 1.08 bits per heavy atom. The number of amides is 1. The Morgan fingerprint density at radius 2 is 1.86 bits per heavy atom. The minimum atomic E-state index is -0.285. The fourth-order valence-corrected chi connectivity index (χ4v) is 4.63. The van der Waals surface area contributed by atoms with E-state index in [4.69, 9.17) is 14.5 Å². The fraction of sp³-hybridized carbons (Fsp3) is 0.464. The fourth-order valence-electron chi connectivity index (χ4n) is 4.63. The van der Waals surface area contributed by atoms with Gasteiger partial charge in [0.15, 0.2) is 0 Å². The Labute approximate surface area is 212 Å². The Bertz CT molecular complexity index is 1260. The molecule has 0 bridgehead atoms. The van der Waals surface area contributed by atoms with Crippen molar-refractivity contribution in [3.05, 3.63) is 52.8 Å². The number of ether oxygens (including phenoxy) is 2. The van der Waals surface area contributed by atoms with Crippen LogP contribution < -0.4 is 20.3 Å². The average Bonchev–Trinajstić information content (AvgIpc) is 3.37. The SMILES string of the molecule is COc1cccc(-c2nc3ccc(OC[C@@H](C)CN4CCCC4)cc3c(=O)n2CC(=O)NC(C)C)c1. The van der Waals surface area contributed by atoms with Gasteiger partial charge in [-0.15, -0.1) is 0 Å². The standard InChI is InChI=1S/C28H36N4O4/c1-19(2)29-26(33)17-32-27(21-8-7-9-22(14-21)35-4)30-25-11-10-23(15-24(25)28(32)34)36-18-20(3)16-31-12-5-6-13-31/h7-11,14-15,19-20H,5-6,12-13,16-18H2,1-4H3,(H,29,33)/t20-/m0/s1. The van der Waals surface area contributed by atoms with Crippen LogP contribution in [0.3, 0.4) is 0 Å². The Hall–Kier alpha value is -3.39. The Kier molecular flexibility index (Phi) is 8.25. The second kappa shape index (κ2) is 11.6. The molecular formula is C28H36N4O4. The number of carbonyl (C=O) groups is 1. The predicted molar refractivity (Wildman–Crippen MR) is 142 cm³/mol. The summed E-state index contributed by atoms with van der Waals surface area (Å²) < 4.78 is 12.8. The summed E-state index contributed by atoms with van der Waals surface area (Å²) in [5.74, 6) is 1.82. The van der Waals surface area contributed by atoms with Crippen LogP contribution in [0.2, 0.25) is 0 Å². The van der Waals surface area contributed by atoms with Crippen LogP contribution in [0, 0.1) is 5.92 Å². The highest BCUT2D eigenvalue weighted by molar-refractivity contribution is 5.83. The molecule has 1 amide bonds. The van der Waals surface area contributed by atoms with E-state index in [2.05, 4.69) is 17.1 Å². The van der Waals surface area contributed by atoms with Gasteiger partial charge in [-0.25, -0.2) is 4.98 Å². The molecule has 1 N–H and O–H groups in total. The zero-order valence-electron chi connectivity index (χ0n) is 21.6. The van der Waals surface area contributed by atoms with Gasteiger partial charge in [-0.3, -0.25) is 14.2 Å². The minimum Gasteiger partial charge on any atom is -0.497 e. The second-order valence-corrected chi connectivity index (χ2v) is 9.88. The van der Waals surface area contributed by atoms with Crippen LogP contribution in [0.15, 0.2) is 47.3 Å². The van der Waals surface area contributed by atoms with E-state index < -0.39 is 0 Å². The van der Waals surface area contributed by atoms with Crippen LogP contribution in [0.5, 0.6) is 11.5 Å². The molecule has 1 fully saturated rings. The molecular weight excluding hydrogens is 456 g/mol. The number of nitrogens with one attached hydrogen (secondary N) is 1. The number of methoxy groups -OCH3 is 1. The van der Waals surface area contributed by atoms with E-state index in [0.29, 0.717) is 46.3 Å². The first-order chi connectivity index (χ1) is 17.3. The van der Waals surface area contributed by atoms with E-state index in [1.54, 1.807) is 19.2 Å². The summed E-state index contributed by atoms with van der Waals surface area (Å²) in [4.78, 5) is 33.6. The molecule has 2 heterocycles. The molecule has 0 saturated carbocycles. The van der Waals surface area contributed by atoms with Crippen molar-refractivity contribution < 1.29 is 14.3 Å². The lowest BCUT2D eigenvalue weighted by Gasteiger charge is -2.20. The van der Waals surface area contributed by atoms with Crippen LogP contribution in [-0.2, 0) is 11.3 Å². The molecule has 1 aliphatic heterocycles. The molecule has 8 heteroatoms. The number of carbonyl (C=O) groups excluding carboxylic acids is 1. The molecule has 1 aromatic heterocycles. The predicted octanol–water partition coefficient (Wildman–Crippen LogP) is 3.71. The highest BCUT2D eigenvalue weighted by Gasteiger charge is 2.18. The number of aromatic nitrogens is 2. The molecule has 2 aromatic carbocycles. The van der Waals surface area contributed by atoms with Gasteiger partial charge in [0, 0.05) is 24.1 Å². The van der Waals surface area contributed by atoms with Gasteiger partial charge in [0.2, 0.25) is 5.91 Å². The lowest BCUT2D eigenvalue weighted by Crippen LogP contribution is -2.37. The van der Waals surface area contributed by atoms with Gasteiger partial charge in [-0.2, -0.15) is 0 Å². The van der Waals surface area contributed by atoms with Crippen molar-refractivity contribution in [3.8, 4) is 22.9 Å². The first kappa shape index (κ1) is 25.7. The van der Waals surface area contributed by atoms with Gasteiger partial charge in [0.25, 0.3) is 5.56 Å². The lowest BCUT2D eigenvalue weighted by molar-refractivity contribution is -0.122. The maximum atomic E-state index is 13.7. The van der Waals surface area contributed by atoms with Crippen molar-refractivity contribution in [2.45, 2.75) is 46.2 Å². The largest absolute Gasteiger partial charge is 0.497 e. The maximum Gasteiger partial charge on any atom is 0.262 e. The maximum absolute atomic E-state index is 13.7. The highest BCUT2D eigenvalue weighted by atomic mass is 16.5. The van der Waals surface area contributed by atoms with Crippen LogP contribution in [0.4, 0.5) is 0 Å². The Morgan fingerprint density at radius 3 is 2.58 bits per heavy atom. The van der Waals surface area contributed by atoms with Gasteiger partial charge >= 0.3 is 0 Å². The van der Waals surface area contributed by atoms with E-state index in [9.17, 15) is 9.59 Å². The average molecular weight is 493 g/mol. The summed E-state index contributed by atoms with van der Waals surface area (Å²) in [6.07, 6.45) is 2.54. The third-order valence-electron chi connectivity index (χ3n) is 6.31. The zero-order valence-corrected chi connectivity index (χ0v) is 21.6. The van der Waals surface area contributed by atoms with E-state index in [0.717, 1.165) is 19.6 Å². The molecule has 0 spiro atoms. The third kappa shape index (κ3) is 6.23. The van der Waals surface area contributed by atoms with Gasteiger partial charge < -0.3 is 19.7 Å². The summed E-state index contributed by atoms with van der Waals surface area (Å²) in [6, 6.07) is 12.7. The van der Waals surface area contributed by atoms with Gasteiger partial charge in [-0.1, -0.05) is 19.1 Å². The smallest absolute Gasteiger partial charge is 0.262 e. The molecule has 1 atom stereocenters. The molecule has 1 saturated heterocycles. The monoisotopic (exact) mass is 492 g/mol. The second-order valence-electron chi connectivity index (χ2n) is 9.88. The molecule has 192 valence electrons.